The van der Waals surface area contributed by atoms with Gasteiger partial charge in [0.15, 0.2) is 0 Å². The zero-order valence-electron chi connectivity index (χ0n) is 14.6. The van der Waals surface area contributed by atoms with Crippen LogP contribution in [-0.2, 0) is 0 Å². The van der Waals surface area contributed by atoms with Crippen LogP contribution in [0.3, 0.4) is 0 Å². The smallest absolute Gasteiger partial charge is 0.253 e. The van der Waals surface area contributed by atoms with Gasteiger partial charge < -0.3 is 20.2 Å². The number of carbonyl (C=O) groups is 1. The van der Waals surface area contributed by atoms with Crippen LogP contribution < -0.4 is 5.32 Å². The van der Waals surface area contributed by atoms with Crippen molar-refractivity contribution in [1.82, 2.24) is 9.80 Å². The monoisotopic (exact) mass is 331 g/mol. The molecular formula is C19H29N3O2. The van der Waals surface area contributed by atoms with Gasteiger partial charge in [-0.3, -0.25) is 4.79 Å². The summed E-state index contributed by atoms with van der Waals surface area (Å²) in [6.07, 6.45) is 4.08. The van der Waals surface area contributed by atoms with Crippen LogP contribution in [0.2, 0.25) is 0 Å². The zero-order chi connectivity index (χ0) is 16.9. The normalized spacial score (nSPS) is 21.0. The van der Waals surface area contributed by atoms with Gasteiger partial charge in [0.2, 0.25) is 0 Å². The standard InChI is InChI=1S/C19H29N3O2/c1-21-9-7-17(8-10-21)20-18-4-2-3-16(13-18)19(24)22-11-5-15(14-23)6-12-22/h2-4,13,15,17,20,23H,5-12,14H2,1H3. The summed E-state index contributed by atoms with van der Waals surface area (Å²) >= 11 is 0. The molecule has 5 heteroatoms. The summed E-state index contributed by atoms with van der Waals surface area (Å²) in [4.78, 5) is 17.0. The number of hydrogen-bond acceptors (Lipinski definition) is 4. The van der Waals surface area contributed by atoms with E-state index < -0.39 is 0 Å². The Morgan fingerprint density at radius 3 is 2.54 bits per heavy atom. The van der Waals surface area contributed by atoms with E-state index in [0.29, 0.717) is 12.0 Å². The van der Waals surface area contributed by atoms with Crippen molar-refractivity contribution < 1.29 is 9.90 Å². The lowest BCUT2D eigenvalue weighted by molar-refractivity contribution is 0.0651. The molecule has 0 aliphatic carbocycles. The number of carbonyl (C=O) groups excluding carboxylic acids is 1. The van der Waals surface area contributed by atoms with Crippen molar-refractivity contribution in [3.63, 3.8) is 0 Å². The molecule has 1 amide bonds. The number of anilines is 1. The minimum atomic E-state index is 0.110. The van der Waals surface area contributed by atoms with Crippen LogP contribution in [0.15, 0.2) is 24.3 Å². The fraction of sp³-hybridized carbons (Fsp3) is 0.632. The highest BCUT2D eigenvalue weighted by Gasteiger charge is 2.23. The number of aliphatic hydroxyl groups excluding tert-OH is 1. The minimum absolute atomic E-state index is 0.110. The highest BCUT2D eigenvalue weighted by atomic mass is 16.3. The van der Waals surface area contributed by atoms with Gasteiger partial charge in [0.25, 0.3) is 5.91 Å². The molecule has 0 radical (unpaired) electrons. The molecule has 0 bridgehead atoms. The number of piperidine rings is 2. The topological polar surface area (TPSA) is 55.8 Å². The molecule has 0 saturated carbocycles. The Morgan fingerprint density at radius 1 is 1.17 bits per heavy atom. The first-order valence-corrected chi connectivity index (χ1v) is 9.11. The van der Waals surface area contributed by atoms with Crippen LogP contribution in [0.1, 0.15) is 36.0 Å². The zero-order valence-corrected chi connectivity index (χ0v) is 14.6. The second-order valence-electron chi connectivity index (χ2n) is 7.22. The molecule has 2 saturated heterocycles. The molecule has 1 aromatic rings. The molecule has 2 heterocycles. The molecule has 24 heavy (non-hydrogen) atoms. The minimum Gasteiger partial charge on any atom is -0.396 e. The largest absolute Gasteiger partial charge is 0.396 e. The number of amides is 1. The quantitative estimate of drug-likeness (QED) is 0.886. The molecule has 2 fully saturated rings. The summed E-state index contributed by atoms with van der Waals surface area (Å²) < 4.78 is 0. The molecule has 0 spiro atoms. The molecular weight excluding hydrogens is 302 g/mol. The highest BCUT2D eigenvalue weighted by Crippen LogP contribution is 2.21. The number of rotatable bonds is 4. The Balaban J connectivity index is 1.59. The Labute approximate surface area is 144 Å². The third-order valence-electron chi connectivity index (χ3n) is 5.36. The lowest BCUT2D eigenvalue weighted by Gasteiger charge is -2.32. The third kappa shape index (κ3) is 4.28. The van der Waals surface area contributed by atoms with E-state index in [1.165, 1.54) is 0 Å². The third-order valence-corrected chi connectivity index (χ3v) is 5.36. The van der Waals surface area contributed by atoms with Crippen molar-refractivity contribution in [3.05, 3.63) is 29.8 Å². The molecule has 5 nitrogen and oxygen atoms in total. The van der Waals surface area contributed by atoms with E-state index in [9.17, 15) is 9.90 Å². The van der Waals surface area contributed by atoms with Gasteiger partial charge >= 0.3 is 0 Å². The van der Waals surface area contributed by atoms with Crippen LogP contribution >= 0.6 is 0 Å². The lowest BCUT2D eigenvalue weighted by atomic mass is 9.97. The summed E-state index contributed by atoms with van der Waals surface area (Å²) in [7, 11) is 2.16. The van der Waals surface area contributed by atoms with E-state index in [-0.39, 0.29) is 12.5 Å². The van der Waals surface area contributed by atoms with Crippen LogP contribution in [-0.4, -0.2) is 66.7 Å². The van der Waals surface area contributed by atoms with Gasteiger partial charge in [-0.05, 0) is 69.9 Å². The van der Waals surface area contributed by atoms with Crippen LogP contribution in [0.4, 0.5) is 5.69 Å². The molecule has 1 aromatic carbocycles. The Morgan fingerprint density at radius 2 is 1.88 bits per heavy atom. The SMILES string of the molecule is CN1CCC(Nc2cccc(C(=O)N3CCC(CO)CC3)c2)CC1. The highest BCUT2D eigenvalue weighted by molar-refractivity contribution is 5.95. The summed E-state index contributed by atoms with van der Waals surface area (Å²) in [5.41, 5.74) is 1.80. The van der Waals surface area contributed by atoms with Crippen molar-refractivity contribution in [3.8, 4) is 0 Å². The van der Waals surface area contributed by atoms with Gasteiger partial charge in [-0.25, -0.2) is 0 Å². The number of aliphatic hydroxyl groups is 1. The van der Waals surface area contributed by atoms with Crippen molar-refractivity contribution in [1.29, 1.82) is 0 Å². The molecule has 2 aliphatic heterocycles. The maximum absolute atomic E-state index is 12.7. The van der Waals surface area contributed by atoms with Gasteiger partial charge in [-0.1, -0.05) is 6.07 Å². The second kappa shape index (κ2) is 7.99. The summed E-state index contributed by atoms with van der Waals surface area (Å²) in [6.45, 7) is 3.97. The van der Waals surface area contributed by atoms with Crippen molar-refractivity contribution >= 4 is 11.6 Å². The Bertz CT molecular complexity index is 547. The van der Waals surface area contributed by atoms with Crippen molar-refractivity contribution in [2.24, 2.45) is 5.92 Å². The van der Waals surface area contributed by atoms with Crippen LogP contribution in [0.25, 0.3) is 0 Å². The van der Waals surface area contributed by atoms with E-state index in [0.717, 1.165) is 63.1 Å². The molecule has 0 unspecified atom stereocenters. The van der Waals surface area contributed by atoms with Gasteiger partial charge in [0.1, 0.15) is 0 Å². The number of likely N-dealkylation sites (tertiary alicyclic amines) is 2. The summed E-state index contributed by atoms with van der Waals surface area (Å²) in [5, 5.41) is 12.8. The van der Waals surface area contributed by atoms with Gasteiger partial charge in [-0.15, -0.1) is 0 Å². The van der Waals surface area contributed by atoms with Crippen molar-refractivity contribution in [2.75, 3.05) is 45.2 Å². The van der Waals surface area contributed by atoms with Gasteiger partial charge in [0.05, 0.1) is 0 Å². The van der Waals surface area contributed by atoms with E-state index in [1.807, 2.05) is 29.2 Å². The van der Waals surface area contributed by atoms with Crippen LogP contribution in [0, 0.1) is 5.92 Å². The lowest BCUT2D eigenvalue weighted by Crippen LogP contribution is -2.39. The first-order valence-electron chi connectivity index (χ1n) is 9.11. The van der Waals surface area contributed by atoms with E-state index in [2.05, 4.69) is 17.3 Å². The molecule has 132 valence electrons. The first-order chi connectivity index (χ1) is 11.7. The Hall–Kier alpha value is -1.59. The average molecular weight is 331 g/mol. The molecule has 3 rings (SSSR count). The second-order valence-corrected chi connectivity index (χ2v) is 7.22. The average Bonchev–Trinajstić information content (AvgIpc) is 2.63. The maximum Gasteiger partial charge on any atom is 0.253 e. The number of benzene rings is 1. The fourth-order valence-electron chi connectivity index (χ4n) is 3.63. The van der Waals surface area contributed by atoms with Gasteiger partial charge in [0, 0.05) is 37.0 Å². The number of hydrogen-bond donors (Lipinski definition) is 2. The first kappa shape index (κ1) is 17.2. The van der Waals surface area contributed by atoms with E-state index in [4.69, 9.17) is 0 Å². The molecule has 0 aromatic heterocycles. The van der Waals surface area contributed by atoms with E-state index >= 15 is 0 Å². The molecule has 2 N–H and O–H groups in total. The van der Waals surface area contributed by atoms with Gasteiger partial charge in [-0.2, -0.15) is 0 Å². The predicted octanol–water partition coefficient (Wildman–Crippen LogP) is 2.04. The predicted molar refractivity (Wildman–Crippen MR) is 96.3 cm³/mol. The molecule has 2 aliphatic rings. The van der Waals surface area contributed by atoms with E-state index in [1.54, 1.807) is 0 Å². The number of nitrogens with zero attached hydrogens (tertiary/aromatic N) is 2. The number of nitrogens with one attached hydrogen (secondary N) is 1. The van der Waals surface area contributed by atoms with Crippen LogP contribution in [0.5, 0.6) is 0 Å². The molecule has 0 atom stereocenters. The van der Waals surface area contributed by atoms with Crippen molar-refractivity contribution in [2.45, 2.75) is 31.7 Å². The fourth-order valence-corrected chi connectivity index (χ4v) is 3.63. The summed E-state index contributed by atoms with van der Waals surface area (Å²) in [5.74, 6) is 0.463. The maximum atomic E-state index is 12.7. The Kier molecular flexibility index (Phi) is 5.74. The summed E-state index contributed by atoms with van der Waals surface area (Å²) in [6, 6.07) is 8.39.